The van der Waals surface area contributed by atoms with E-state index in [0.29, 0.717) is 17.6 Å². The number of hydrogen-bond donors (Lipinski definition) is 1. The lowest BCUT2D eigenvalue weighted by Gasteiger charge is -1.93. The molecule has 0 unspecified atom stereocenters. The molecule has 0 amide bonds. The Hall–Kier alpha value is -0.990. The van der Waals surface area contributed by atoms with Gasteiger partial charge in [0.15, 0.2) is 11.7 Å². The average Bonchev–Trinajstić information content (AvgIpc) is 2.14. The van der Waals surface area contributed by atoms with Crippen molar-refractivity contribution in [3.8, 4) is 0 Å². The van der Waals surface area contributed by atoms with Crippen LogP contribution in [0.2, 0.25) is 0 Å². The normalized spacial score (nSPS) is 10.6. The molecular weight excluding hydrogens is 116 g/mol. The lowest BCUT2D eigenvalue weighted by atomic mass is 10.2. The van der Waals surface area contributed by atoms with Crippen LogP contribution in [0.25, 0.3) is 0 Å². The number of nitrogens with zero attached hydrogens (tertiary/aromatic N) is 1. The minimum atomic E-state index is 0.322. The van der Waals surface area contributed by atoms with Gasteiger partial charge in [0.2, 0.25) is 0 Å². The molecule has 0 saturated carbocycles. The number of hydrogen-bond acceptors (Lipinski definition) is 3. The molecule has 2 N–H and O–H groups in total. The molecule has 0 spiro atoms. The number of rotatable bonds is 1. The van der Waals surface area contributed by atoms with Crippen molar-refractivity contribution in [2.75, 3.05) is 5.73 Å². The minimum Gasteiger partial charge on any atom is -0.446 e. The van der Waals surface area contributed by atoms with Crippen molar-refractivity contribution in [3.63, 3.8) is 0 Å². The van der Waals surface area contributed by atoms with E-state index in [0.717, 1.165) is 0 Å². The first-order valence-electron chi connectivity index (χ1n) is 2.91. The average molecular weight is 126 g/mol. The van der Waals surface area contributed by atoms with Gasteiger partial charge < -0.3 is 10.2 Å². The number of aromatic nitrogens is 1. The molecule has 0 aliphatic rings. The fourth-order valence-electron chi connectivity index (χ4n) is 0.566. The zero-order chi connectivity index (χ0) is 6.85. The lowest BCUT2D eigenvalue weighted by molar-refractivity contribution is 0.471. The first-order valence-corrected chi connectivity index (χ1v) is 2.91. The predicted octanol–water partition coefficient (Wildman–Crippen LogP) is 1.38. The smallest absolute Gasteiger partial charge is 0.198 e. The van der Waals surface area contributed by atoms with Gasteiger partial charge in [-0.15, -0.1) is 0 Å². The Morgan fingerprint density at radius 3 is 2.56 bits per heavy atom. The number of oxazole rings is 1. The van der Waals surface area contributed by atoms with E-state index in [9.17, 15) is 0 Å². The summed E-state index contributed by atoms with van der Waals surface area (Å²) in [7, 11) is 0. The highest BCUT2D eigenvalue weighted by atomic mass is 16.3. The molecule has 0 aliphatic heterocycles. The molecule has 1 aromatic rings. The molecule has 1 heterocycles. The van der Waals surface area contributed by atoms with Crippen molar-refractivity contribution in [2.45, 2.75) is 19.8 Å². The van der Waals surface area contributed by atoms with Gasteiger partial charge in [0.05, 0.1) is 0 Å². The number of nitrogens with two attached hydrogens (primary N) is 1. The maximum absolute atomic E-state index is 5.31. The third kappa shape index (κ3) is 1.22. The van der Waals surface area contributed by atoms with Crippen molar-refractivity contribution in [2.24, 2.45) is 0 Å². The molecule has 0 aromatic carbocycles. The second-order valence-electron chi connectivity index (χ2n) is 2.27. The Balaban J connectivity index is 2.85. The summed E-state index contributed by atoms with van der Waals surface area (Å²) in [6.07, 6.45) is 1.45. The Morgan fingerprint density at radius 2 is 2.33 bits per heavy atom. The fourth-order valence-corrected chi connectivity index (χ4v) is 0.566. The predicted molar refractivity (Wildman–Crippen MR) is 35.0 cm³/mol. The second kappa shape index (κ2) is 2.09. The Kier molecular flexibility index (Phi) is 1.42. The minimum absolute atomic E-state index is 0.322. The van der Waals surface area contributed by atoms with Crippen LogP contribution in [-0.4, -0.2) is 4.98 Å². The summed E-state index contributed by atoms with van der Waals surface area (Å²) in [5, 5.41) is 0. The third-order valence-electron chi connectivity index (χ3n) is 1.03. The topological polar surface area (TPSA) is 52.0 Å². The van der Waals surface area contributed by atoms with Gasteiger partial charge in [0.25, 0.3) is 0 Å². The van der Waals surface area contributed by atoms with Crippen LogP contribution < -0.4 is 5.73 Å². The molecule has 1 aromatic heterocycles. The van der Waals surface area contributed by atoms with Crippen LogP contribution in [0.3, 0.4) is 0 Å². The molecule has 0 atom stereocenters. The van der Waals surface area contributed by atoms with Crippen LogP contribution >= 0.6 is 0 Å². The van der Waals surface area contributed by atoms with Gasteiger partial charge in [-0.1, -0.05) is 13.8 Å². The SMILES string of the molecule is CC(C)c1nc(N)co1. The molecule has 0 bridgehead atoms. The van der Waals surface area contributed by atoms with E-state index in [1.807, 2.05) is 13.8 Å². The van der Waals surface area contributed by atoms with Crippen LogP contribution in [0.5, 0.6) is 0 Å². The monoisotopic (exact) mass is 126 g/mol. The van der Waals surface area contributed by atoms with Crippen molar-refractivity contribution in [1.82, 2.24) is 4.98 Å². The quantitative estimate of drug-likeness (QED) is 0.618. The molecule has 3 nitrogen and oxygen atoms in total. The first-order chi connectivity index (χ1) is 4.20. The van der Waals surface area contributed by atoms with Crippen molar-refractivity contribution in [1.29, 1.82) is 0 Å². The summed E-state index contributed by atoms with van der Waals surface area (Å²) >= 11 is 0. The van der Waals surface area contributed by atoms with Gasteiger partial charge in [-0.2, -0.15) is 4.98 Å². The zero-order valence-corrected chi connectivity index (χ0v) is 5.59. The number of anilines is 1. The van der Waals surface area contributed by atoms with E-state index in [-0.39, 0.29) is 0 Å². The highest BCUT2D eigenvalue weighted by Crippen LogP contribution is 2.13. The summed E-state index contributed by atoms with van der Waals surface area (Å²) in [5.74, 6) is 1.48. The molecule has 0 aliphatic carbocycles. The van der Waals surface area contributed by atoms with Gasteiger partial charge in [-0.3, -0.25) is 0 Å². The van der Waals surface area contributed by atoms with Crippen molar-refractivity contribution >= 4 is 5.82 Å². The fraction of sp³-hybridized carbons (Fsp3) is 0.500. The molecular formula is C6H10N2O. The van der Waals surface area contributed by atoms with E-state index < -0.39 is 0 Å². The van der Waals surface area contributed by atoms with E-state index >= 15 is 0 Å². The van der Waals surface area contributed by atoms with Crippen LogP contribution in [0.1, 0.15) is 25.7 Å². The van der Waals surface area contributed by atoms with Crippen LogP contribution in [0.4, 0.5) is 5.82 Å². The van der Waals surface area contributed by atoms with Gasteiger partial charge >= 0.3 is 0 Å². The number of nitrogen functional groups attached to an aromatic ring is 1. The molecule has 1 rings (SSSR count). The Labute approximate surface area is 53.9 Å². The van der Waals surface area contributed by atoms with Gasteiger partial charge in [-0.25, -0.2) is 0 Å². The van der Waals surface area contributed by atoms with Crippen molar-refractivity contribution < 1.29 is 4.42 Å². The highest BCUT2D eigenvalue weighted by Gasteiger charge is 2.03. The molecule has 9 heavy (non-hydrogen) atoms. The first kappa shape index (κ1) is 6.13. The Morgan fingerprint density at radius 1 is 1.67 bits per heavy atom. The zero-order valence-electron chi connectivity index (χ0n) is 5.59. The van der Waals surface area contributed by atoms with Gasteiger partial charge in [0.1, 0.15) is 6.26 Å². The van der Waals surface area contributed by atoms with E-state index in [1.54, 1.807) is 0 Å². The van der Waals surface area contributed by atoms with Gasteiger partial charge in [0, 0.05) is 5.92 Å². The lowest BCUT2D eigenvalue weighted by Crippen LogP contribution is -1.88. The Bertz CT molecular complexity index is 193. The largest absolute Gasteiger partial charge is 0.446 e. The summed E-state index contributed by atoms with van der Waals surface area (Å²) in [6.45, 7) is 4.01. The second-order valence-corrected chi connectivity index (χ2v) is 2.27. The molecule has 0 radical (unpaired) electrons. The highest BCUT2D eigenvalue weighted by molar-refractivity contribution is 5.22. The van der Waals surface area contributed by atoms with Crippen LogP contribution in [0, 0.1) is 0 Å². The standard InChI is InChI=1S/C6H10N2O/c1-4(2)6-8-5(7)3-9-6/h3-4H,7H2,1-2H3. The van der Waals surface area contributed by atoms with Gasteiger partial charge in [-0.05, 0) is 0 Å². The summed E-state index contributed by atoms with van der Waals surface area (Å²) in [5.41, 5.74) is 5.31. The maximum Gasteiger partial charge on any atom is 0.198 e. The molecule has 0 saturated heterocycles. The van der Waals surface area contributed by atoms with Crippen LogP contribution in [0.15, 0.2) is 10.7 Å². The summed E-state index contributed by atoms with van der Waals surface area (Å²) in [6, 6.07) is 0. The maximum atomic E-state index is 5.31. The van der Waals surface area contributed by atoms with Crippen molar-refractivity contribution in [3.05, 3.63) is 12.2 Å². The van der Waals surface area contributed by atoms with E-state index in [2.05, 4.69) is 4.98 Å². The molecule has 50 valence electrons. The molecule has 3 heteroatoms. The summed E-state index contributed by atoms with van der Waals surface area (Å²) in [4.78, 5) is 3.92. The van der Waals surface area contributed by atoms with E-state index in [1.165, 1.54) is 6.26 Å². The summed E-state index contributed by atoms with van der Waals surface area (Å²) < 4.78 is 4.99. The third-order valence-corrected chi connectivity index (χ3v) is 1.03. The van der Waals surface area contributed by atoms with E-state index in [4.69, 9.17) is 10.2 Å². The van der Waals surface area contributed by atoms with Crippen LogP contribution in [-0.2, 0) is 0 Å². The molecule has 0 fully saturated rings.